The SMILES string of the molecule is CCC(=O)N(C)CCC(O)O. The van der Waals surface area contributed by atoms with Crippen LogP contribution in [0.1, 0.15) is 19.8 Å². The van der Waals surface area contributed by atoms with Gasteiger partial charge in [-0.1, -0.05) is 6.92 Å². The van der Waals surface area contributed by atoms with Crippen molar-refractivity contribution < 1.29 is 15.0 Å². The Morgan fingerprint density at radius 3 is 2.45 bits per heavy atom. The maximum absolute atomic E-state index is 10.9. The van der Waals surface area contributed by atoms with Crippen LogP contribution in [0.2, 0.25) is 0 Å². The third-order valence-electron chi connectivity index (χ3n) is 1.45. The summed E-state index contributed by atoms with van der Waals surface area (Å²) in [5.41, 5.74) is 0. The number of aliphatic hydroxyl groups excluding tert-OH is 1. The highest BCUT2D eigenvalue weighted by Crippen LogP contribution is 1.93. The molecule has 0 aliphatic rings. The zero-order valence-electron chi connectivity index (χ0n) is 6.95. The molecule has 0 unspecified atom stereocenters. The number of carbonyl (C=O) groups excluding carboxylic acids is 1. The summed E-state index contributed by atoms with van der Waals surface area (Å²) in [6.45, 7) is 2.17. The molecule has 4 nitrogen and oxygen atoms in total. The summed E-state index contributed by atoms with van der Waals surface area (Å²) in [7, 11) is 1.65. The van der Waals surface area contributed by atoms with Crippen LogP contribution >= 0.6 is 0 Å². The van der Waals surface area contributed by atoms with Crippen LogP contribution in [0.5, 0.6) is 0 Å². The molecule has 0 fully saturated rings. The van der Waals surface area contributed by atoms with Gasteiger partial charge in [0.1, 0.15) is 0 Å². The molecule has 0 saturated carbocycles. The first kappa shape index (κ1) is 10.4. The monoisotopic (exact) mass is 161 g/mol. The second-order valence-corrected chi connectivity index (χ2v) is 2.44. The lowest BCUT2D eigenvalue weighted by atomic mass is 10.3. The minimum Gasteiger partial charge on any atom is -0.368 e. The molecule has 0 aliphatic heterocycles. The highest BCUT2D eigenvalue weighted by Gasteiger charge is 2.06. The van der Waals surface area contributed by atoms with E-state index in [0.29, 0.717) is 13.0 Å². The van der Waals surface area contributed by atoms with E-state index >= 15 is 0 Å². The fourth-order valence-corrected chi connectivity index (χ4v) is 0.704. The molecule has 0 radical (unpaired) electrons. The molecule has 0 rings (SSSR count). The lowest BCUT2D eigenvalue weighted by Crippen LogP contribution is -2.29. The van der Waals surface area contributed by atoms with E-state index in [4.69, 9.17) is 10.2 Å². The number of nitrogens with zero attached hydrogens (tertiary/aromatic N) is 1. The van der Waals surface area contributed by atoms with Crippen molar-refractivity contribution in [1.29, 1.82) is 0 Å². The van der Waals surface area contributed by atoms with Crippen molar-refractivity contribution in [3.05, 3.63) is 0 Å². The Labute approximate surface area is 66.4 Å². The minimum absolute atomic E-state index is 0.0191. The van der Waals surface area contributed by atoms with Gasteiger partial charge in [0, 0.05) is 26.4 Å². The lowest BCUT2D eigenvalue weighted by Gasteiger charge is -2.16. The Kier molecular flexibility index (Phi) is 4.81. The molecule has 0 aromatic carbocycles. The van der Waals surface area contributed by atoms with Crippen LogP contribution in [0.25, 0.3) is 0 Å². The molecule has 0 saturated heterocycles. The Bertz CT molecular complexity index is 125. The Morgan fingerprint density at radius 1 is 1.55 bits per heavy atom. The van der Waals surface area contributed by atoms with Crippen molar-refractivity contribution in [2.75, 3.05) is 13.6 Å². The quantitative estimate of drug-likeness (QED) is 0.549. The van der Waals surface area contributed by atoms with E-state index in [1.807, 2.05) is 0 Å². The molecule has 0 bridgehead atoms. The van der Waals surface area contributed by atoms with Gasteiger partial charge in [-0.05, 0) is 0 Å². The number of hydrogen-bond donors (Lipinski definition) is 2. The normalized spacial score (nSPS) is 10.3. The average Bonchev–Trinajstić information content (AvgIpc) is 1.98. The van der Waals surface area contributed by atoms with E-state index < -0.39 is 6.29 Å². The van der Waals surface area contributed by atoms with Gasteiger partial charge >= 0.3 is 0 Å². The van der Waals surface area contributed by atoms with E-state index in [9.17, 15) is 4.79 Å². The molecule has 4 heteroatoms. The van der Waals surface area contributed by atoms with Gasteiger partial charge in [-0.2, -0.15) is 0 Å². The number of hydrogen-bond acceptors (Lipinski definition) is 3. The van der Waals surface area contributed by atoms with Crippen molar-refractivity contribution >= 4 is 5.91 Å². The fourth-order valence-electron chi connectivity index (χ4n) is 0.704. The zero-order chi connectivity index (χ0) is 8.85. The van der Waals surface area contributed by atoms with E-state index in [0.717, 1.165) is 0 Å². The van der Waals surface area contributed by atoms with Gasteiger partial charge in [0.05, 0.1) is 0 Å². The van der Waals surface area contributed by atoms with Crippen LogP contribution < -0.4 is 0 Å². The van der Waals surface area contributed by atoms with E-state index in [1.165, 1.54) is 4.90 Å². The van der Waals surface area contributed by atoms with Crippen LogP contribution in [-0.4, -0.2) is 40.9 Å². The number of aliphatic hydroxyl groups is 2. The average molecular weight is 161 g/mol. The summed E-state index contributed by atoms with van der Waals surface area (Å²) in [6, 6.07) is 0. The molecule has 66 valence electrons. The Hall–Kier alpha value is -0.610. The third kappa shape index (κ3) is 4.75. The standard InChI is InChI=1S/C7H15NO3/c1-3-6(9)8(2)5-4-7(10)11/h7,10-11H,3-5H2,1-2H3. The summed E-state index contributed by atoms with van der Waals surface area (Å²) in [6.07, 6.45) is -0.651. The first-order valence-electron chi connectivity index (χ1n) is 3.68. The topological polar surface area (TPSA) is 60.8 Å². The number of carbonyl (C=O) groups is 1. The van der Waals surface area contributed by atoms with Gasteiger partial charge in [-0.25, -0.2) is 0 Å². The number of rotatable bonds is 4. The van der Waals surface area contributed by atoms with Crippen LogP contribution in [0.4, 0.5) is 0 Å². The molecule has 1 amide bonds. The smallest absolute Gasteiger partial charge is 0.222 e. The van der Waals surface area contributed by atoms with Crippen molar-refractivity contribution in [2.45, 2.75) is 26.1 Å². The summed E-state index contributed by atoms with van der Waals surface area (Å²) >= 11 is 0. The highest BCUT2D eigenvalue weighted by molar-refractivity contribution is 5.75. The highest BCUT2D eigenvalue weighted by atomic mass is 16.5. The molecule has 11 heavy (non-hydrogen) atoms. The largest absolute Gasteiger partial charge is 0.368 e. The summed E-state index contributed by atoms with van der Waals surface area (Å²) < 4.78 is 0. The fraction of sp³-hybridized carbons (Fsp3) is 0.857. The van der Waals surface area contributed by atoms with Crippen LogP contribution in [0, 0.1) is 0 Å². The Balaban J connectivity index is 3.52. The molecule has 0 atom stereocenters. The van der Waals surface area contributed by atoms with Gasteiger partial charge in [-0.3, -0.25) is 4.79 Å². The molecule has 0 heterocycles. The predicted octanol–water partition coefficient (Wildman–Crippen LogP) is -0.444. The van der Waals surface area contributed by atoms with E-state index in [-0.39, 0.29) is 12.3 Å². The summed E-state index contributed by atoms with van der Waals surface area (Å²) in [5.74, 6) is 0.0191. The van der Waals surface area contributed by atoms with Crippen molar-refractivity contribution in [3.8, 4) is 0 Å². The van der Waals surface area contributed by atoms with Crippen LogP contribution in [-0.2, 0) is 4.79 Å². The van der Waals surface area contributed by atoms with Gasteiger partial charge in [0.25, 0.3) is 0 Å². The predicted molar refractivity (Wildman–Crippen MR) is 40.8 cm³/mol. The maximum Gasteiger partial charge on any atom is 0.222 e. The maximum atomic E-state index is 10.9. The first-order chi connectivity index (χ1) is 5.07. The minimum atomic E-state index is -1.32. The van der Waals surface area contributed by atoms with Crippen molar-refractivity contribution in [2.24, 2.45) is 0 Å². The Morgan fingerprint density at radius 2 is 2.09 bits per heavy atom. The number of amides is 1. The molecular weight excluding hydrogens is 146 g/mol. The van der Waals surface area contributed by atoms with Gasteiger partial charge in [0.2, 0.25) is 5.91 Å². The second kappa shape index (κ2) is 5.09. The lowest BCUT2D eigenvalue weighted by molar-refractivity contribution is -0.130. The molecular formula is C7H15NO3. The zero-order valence-corrected chi connectivity index (χ0v) is 6.95. The summed E-state index contributed by atoms with van der Waals surface area (Å²) in [5, 5.41) is 16.9. The van der Waals surface area contributed by atoms with Gasteiger partial charge < -0.3 is 15.1 Å². The van der Waals surface area contributed by atoms with Gasteiger partial charge in [-0.15, -0.1) is 0 Å². The molecule has 2 N–H and O–H groups in total. The molecule has 0 aromatic heterocycles. The molecule has 0 aliphatic carbocycles. The van der Waals surface area contributed by atoms with E-state index in [1.54, 1.807) is 14.0 Å². The van der Waals surface area contributed by atoms with Crippen molar-refractivity contribution in [1.82, 2.24) is 4.90 Å². The first-order valence-corrected chi connectivity index (χ1v) is 3.68. The van der Waals surface area contributed by atoms with E-state index in [2.05, 4.69) is 0 Å². The summed E-state index contributed by atoms with van der Waals surface area (Å²) in [4.78, 5) is 12.4. The molecule has 0 aromatic rings. The third-order valence-corrected chi connectivity index (χ3v) is 1.45. The van der Waals surface area contributed by atoms with Crippen molar-refractivity contribution in [3.63, 3.8) is 0 Å². The van der Waals surface area contributed by atoms with Crippen LogP contribution in [0.15, 0.2) is 0 Å². The van der Waals surface area contributed by atoms with Gasteiger partial charge in [0.15, 0.2) is 6.29 Å². The molecule has 0 spiro atoms. The van der Waals surface area contributed by atoms with Crippen LogP contribution in [0.3, 0.4) is 0 Å². The second-order valence-electron chi connectivity index (χ2n) is 2.44.